The number of ether oxygens (including phenoxy) is 1. The lowest BCUT2D eigenvalue weighted by Crippen LogP contribution is -2.55. The lowest BCUT2D eigenvalue weighted by molar-refractivity contribution is -0.249. The highest BCUT2D eigenvalue weighted by Gasteiger charge is 2.51. The smallest absolute Gasteiger partial charge is 0.392 e. The molecule has 0 aliphatic carbocycles. The zero-order chi connectivity index (χ0) is 25.8. The molecule has 192 valence electrons. The van der Waals surface area contributed by atoms with Crippen molar-refractivity contribution in [2.45, 2.75) is 31.3 Å². The van der Waals surface area contributed by atoms with E-state index in [-0.39, 0.29) is 0 Å². The highest BCUT2D eigenvalue weighted by atomic mass is 31.3. The van der Waals surface area contributed by atoms with E-state index in [2.05, 4.69) is 13.1 Å². The summed E-state index contributed by atoms with van der Waals surface area (Å²) < 4.78 is 77.9. The van der Waals surface area contributed by atoms with Crippen LogP contribution in [0.4, 0.5) is 8.78 Å². The third kappa shape index (κ3) is 8.84. The van der Waals surface area contributed by atoms with Crippen LogP contribution in [0.3, 0.4) is 0 Å². The van der Waals surface area contributed by atoms with E-state index in [0.29, 0.717) is 11.5 Å². The van der Waals surface area contributed by atoms with Crippen LogP contribution in [0.2, 0.25) is 0 Å². The fourth-order valence-corrected chi connectivity index (χ4v) is 5.18. The maximum atomic E-state index is 13.9. The summed E-state index contributed by atoms with van der Waals surface area (Å²) in [5.74, 6) is 0. The molecule has 33 heavy (non-hydrogen) atoms. The van der Waals surface area contributed by atoms with Gasteiger partial charge in [0.2, 0.25) is 0 Å². The Morgan fingerprint density at radius 3 is 2.12 bits per heavy atom. The van der Waals surface area contributed by atoms with Crippen LogP contribution in [-0.4, -0.2) is 70.7 Å². The first-order valence-corrected chi connectivity index (χ1v) is 12.7. The normalized spacial score (nSPS) is 19.9. The summed E-state index contributed by atoms with van der Waals surface area (Å²) in [4.78, 5) is 60.2. The molecule has 2 unspecified atom stereocenters. The second-order valence-corrected chi connectivity index (χ2v) is 10.5. The van der Waals surface area contributed by atoms with Crippen molar-refractivity contribution in [2.75, 3.05) is 13.2 Å². The minimum absolute atomic E-state index is 0.422. The van der Waals surface area contributed by atoms with Gasteiger partial charge in [-0.3, -0.25) is 18.9 Å². The zero-order valence-corrected chi connectivity index (χ0v) is 18.9. The molecule has 0 amide bonds. The van der Waals surface area contributed by atoms with Gasteiger partial charge in [0, 0.05) is 12.3 Å². The van der Waals surface area contributed by atoms with E-state index in [4.69, 9.17) is 19.4 Å². The Kier molecular flexibility index (Phi) is 10.00. The number of alkyl halides is 2. The Labute approximate surface area is 181 Å². The van der Waals surface area contributed by atoms with Gasteiger partial charge in [-0.2, -0.15) is 8.62 Å². The van der Waals surface area contributed by atoms with Gasteiger partial charge in [0.05, 0.1) is 19.3 Å². The molecule has 0 spiro atoms. The second-order valence-electron chi connectivity index (χ2n) is 6.07. The van der Waals surface area contributed by atoms with Gasteiger partial charge >= 0.3 is 29.2 Å². The molecule has 0 aliphatic heterocycles. The molecule has 0 aromatic carbocycles. The van der Waals surface area contributed by atoms with Gasteiger partial charge in [-0.15, -0.1) is 0 Å². The van der Waals surface area contributed by atoms with E-state index in [9.17, 15) is 47.2 Å². The maximum Gasteiger partial charge on any atom is 0.490 e. The van der Waals surface area contributed by atoms with E-state index in [1.54, 1.807) is 4.98 Å². The molecule has 1 aromatic rings. The van der Waals surface area contributed by atoms with E-state index in [1.807, 2.05) is 0 Å². The Morgan fingerprint density at radius 2 is 1.70 bits per heavy atom. The summed E-state index contributed by atoms with van der Waals surface area (Å²) in [5, 5.41) is 19.3. The maximum absolute atomic E-state index is 13.9. The molecule has 0 aliphatic rings. The number of aromatic amines is 1. The number of nitrogens with zero attached hydrogens (tertiary/aromatic N) is 1. The van der Waals surface area contributed by atoms with Crippen LogP contribution in [0, 0.1) is 0 Å². The molecule has 7 N–H and O–H groups in total. The fourth-order valence-electron chi connectivity index (χ4n) is 2.12. The van der Waals surface area contributed by atoms with E-state index in [0.717, 1.165) is 12.3 Å². The summed E-state index contributed by atoms with van der Waals surface area (Å²) >= 11 is 0. The molecule has 17 nitrogen and oxygen atoms in total. The molecule has 0 fully saturated rings. The SMILES string of the molecule is C[C@H](O)[C@@](COP(=O)(O)OP(=O)(O)OP(=O)(O)O)(O[C@H](CO)n1ccc(=O)[nH]c1=O)C(F)F. The van der Waals surface area contributed by atoms with Gasteiger partial charge < -0.3 is 34.5 Å². The minimum atomic E-state index is -5.97. The van der Waals surface area contributed by atoms with Crippen molar-refractivity contribution in [1.29, 1.82) is 0 Å². The van der Waals surface area contributed by atoms with Crippen LogP contribution in [0.25, 0.3) is 0 Å². The molecular formula is C11H19F2N2O15P3. The highest BCUT2D eigenvalue weighted by Crippen LogP contribution is 2.66. The number of hydrogen-bond donors (Lipinski definition) is 7. The number of H-pyrrole nitrogens is 1. The van der Waals surface area contributed by atoms with Gasteiger partial charge in [-0.25, -0.2) is 27.3 Å². The van der Waals surface area contributed by atoms with Crippen LogP contribution in [0.1, 0.15) is 13.2 Å². The largest absolute Gasteiger partial charge is 0.490 e. The molecule has 1 aromatic heterocycles. The number of aliphatic hydroxyl groups is 2. The predicted molar refractivity (Wildman–Crippen MR) is 98.8 cm³/mol. The molecule has 1 heterocycles. The van der Waals surface area contributed by atoms with Crippen LogP contribution >= 0.6 is 23.5 Å². The van der Waals surface area contributed by atoms with Gasteiger partial charge in [-0.1, -0.05) is 0 Å². The standard InChI is InChI=1S/C11H19F2N2O15P3/c1-6(17)11(9(12)13,28-8(4-16)15-3-2-7(18)14-10(15)19)5-27-32(23,24)30-33(25,26)29-31(20,21)22/h2-3,6,8-9,16-17H,4-5H2,1H3,(H,23,24)(H,25,26)(H,14,18,19)(H2,20,21,22)/t6-,8+,11+/m0/s1. The van der Waals surface area contributed by atoms with Gasteiger partial charge in [0.1, 0.15) is 0 Å². The van der Waals surface area contributed by atoms with Crippen molar-refractivity contribution < 1.29 is 70.1 Å². The van der Waals surface area contributed by atoms with E-state index < -0.39 is 72.3 Å². The van der Waals surface area contributed by atoms with Crippen molar-refractivity contribution >= 4 is 23.5 Å². The van der Waals surface area contributed by atoms with E-state index in [1.165, 1.54) is 0 Å². The first-order chi connectivity index (χ1) is 14.8. The molecule has 0 saturated carbocycles. The summed E-state index contributed by atoms with van der Waals surface area (Å²) in [6.45, 7) is -2.32. The molecule has 0 radical (unpaired) electrons. The number of hydrogen-bond acceptors (Lipinski definition) is 11. The Balaban J connectivity index is 3.23. The molecule has 1 rings (SSSR count). The van der Waals surface area contributed by atoms with Gasteiger partial charge in [-0.05, 0) is 6.92 Å². The van der Waals surface area contributed by atoms with Crippen LogP contribution in [0.5, 0.6) is 0 Å². The zero-order valence-electron chi connectivity index (χ0n) is 16.2. The van der Waals surface area contributed by atoms with Crippen LogP contribution < -0.4 is 11.2 Å². The Morgan fingerprint density at radius 1 is 1.12 bits per heavy atom. The quantitative estimate of drug-likeness (QED) is 0.142. The van der Waals surface area contributed by atoms with Crippen molar-refractivity contribution in [3.05, 3.63) is 33.1 Å². The van der Waals surface area contributed by atoms with Crippen molar-refractivity contribution in [2.24, 2.45) is 0 Å². The second kappa shape index (κ2) is 11.0. The van der Waals surface area contributed by atoms with Crippen LogP contribution in [-0.2, 0) is 31.6 Å². The minimum Gasteiger partial charge on any atom is -0.392 e. The number of aliphatic hydroxyl groups excluding tert-OH is 2. The molecule has 5 atom stereocenters. The van der Waals surface area contributed by atoms with Crippen LogP contribution in [0.15, 0.2) is 21.9 Å². The first-order valence-electron chi connectivity index (χ1n) is 8.19. The topological polar surface area (TPSA) is 264 Å². The van der Waals surface area contributed by atoms with Gasteiger partial charge in [0.25, 0.3) is 12.0 Å². The average molecular weight is 550 g/mol. The monoisotopic (exact) mass is 550 g/mol. The Hall–Kier alpha value is -1.17. The van der Waals surface area contributed by atoms with E-state index >= 15 is 0 Å². The summed E-state index contributed by atoms with van der Waals surface area (Å²) in [6.07, 6.45) is -7.35. The lowest BCUT2D eigenvalue weighted by atomic mass is 9.99. The predicted octanol–water partition coefficient (Wildman–Crippen LogP) is -1.23. The summed E-state index contributed by atoms with van der Waals surface area (Å²) in [7, 11) is -17.6. The third-order valence-electron chi connectivity index (χ3n) is 3.62. The lowest BCUT2D eigenvalue weighted by Gasteiger charge is -2.38. The number of halogens is 2. The van der Waals surface area contributed by atoms with Crippen molar-refractivity contribution in [3.63, 3.8) is 0 Å². The molecule has 0 bridgehead atoms. The van der Waals surface area contributed by atoms with Gasteiger partial charge in [0.15, 0.2) is 11.8 Å². The number of rotatable bonds is 13. The molecular weight excluding hydrogens is 531 g/mol. The number of aromatic nitrogens is 2. The summed E-state index contributed by atoms with van der Waals surface area (Å²) in [5.41, 5.74) is -5.44. The average Bonchev–Trinajstić information content (AvgIpc) is 2.59. The van der Waals surface area contributed by atoms with Crippen molar-refractivity contribution in [1.82, 2.24) is 9.55 Å². The molecule has 22 heteroatoms. The Bertz CT molecular complexity index is 1060. The number of phosphoric ester groups is 1. The fraction of sp³-hybridized carbons (Fsp3) is 0.636. The van der Waals surface area contributed by atoms with Crippen molar-refractivity contribution in [3.8, 4) is 0 Å². The summed E-state index contributed by atoms with van der Waals surface area (Å²) in [6, 6.07) is 0.756. The first kappa shape index (κ1) is 29.9. The number of nitrogens with one attached hydrogen (secondary N) is 1. The third-order valence-corrected chi connectivity index (χ3v) is 7.40. The highest BCUT2D eigenvalue weighted by molar-refractivity contribution is 7.66. The molecule has 0 saturated heterocycles. The number of phosphoric acid groups is 3.